The number of rotatable bonds is 7. The molecule has 174 valence electrons. The van der Waals surface area contributed by atoms with E-state index in [9.17, 15) is 13.2 Å². The zero-order valence-corrected chi connectivity index (χ0v) is 20.1. The third-order valence-corrected chi connectivity index (χ3v) is 8.29. The molecule has 33 heavy (non-hydrogen) atoms. The number of carbonyl (C=O) groups excluding carboxylic acids is 1. The minimum Gasteiger partial charge on any atom is -0.493 e. The zero-order valence-electron chi connectivity index (χ0n) is 18.5. The minimum atomic E-state index is -3.74. The Morgan fingerprint density at radius 1 is 1.03 bits per heavy atom. The van der Waals surface area contributed by atoms with Crippen LogP contribution in [0.1, 0.15) is 20.8 Å². The van der Waals surface area contributed by atoms with Gasteiger partial charge in [-0.15, -0.1) is 11.3 Å². The number of nitrogens with zero attached hydrogens (tertiary/aromatic N) is 1. The van der Waals surface area contributed by atoms with Gasteiger partial charge in [0.2, 0.25) is 15.8 Å². The zero-order chi connectivity index (χ0) is 23.6. The van der Waals surface area contributed by atoms with Crippen LogP contribution in [0.5, 0.6) is 17.2 Å². The molecule has 2 aromatic carbocycles. The Morgan fingerprint density at radius 3 is 2.42 bits per heavy atom. The third-order valence-electron chi connectivity index (χ3n) is 5.43. The van der Waals surface area contributed by atoms with E-state index in [-0.39, 0.29) is 10.5 Å². The molecule has 1 amide bonds. The first-order chi connectivity index (χ1) is 15.9. The van der Waals surface area contributed by atoms with Crippen molar-refractivity contribution in [3.63, 3.8) is 0 Å². The van der Waals surface area contributed by atoms with Crippen molar-refractivity contribution >= 4 is 33.0 Å². The van der Waals surface area contributed by atoms with E-state index in [1.165, 1.54) is 42.6 Å². The van der Waals surface area contributed by atoms with Crippen molar-refractivity contribution in [2.75, 3.05) is 33.2 Å². The van der Waals surface area contributed by atoms with Crippen LogP contribution in [0.2, 0.25) is 0 Å². The minimum absolute atomic E-state index is 0.0821. The monoisotopic (exact) mass is 488 g/mol. The lowest BCUT2D eigenvalue weighted by Crippen LogP contribution is -2.35. The quantitative estimate of drug-likeness (QED) is 0.544. The molecule has 8 nitrogen and oxygen atoms in total. The van der Waals surface area contributed by atoms with E-state index in [0.29, 0.717) is 42.4 Å². The van der Waals surface area contributed by atoms with Crippen LogP contribution in [0.3, 0.4) is 0 Å². The summed E-state index contributed by atoms with van der Waals surface area (Å²) in [7, 11) is 0.718. The molecule has 0 spiro atoms. The van der Waals surface area contributed by atoms with Crippen LogP contribution in [0.4, 0.5) is 5.69 Å². The number of anilines is 1. The summed E-state index contributed by atoms with van der Waals surface area (Å²) in [6.07, 6.45) is 0.688. The van der Waals surface area contributed by atoms with Gasteiger partial charge in [0.25, 0.3) is 5.91 Å². The lowest BCUT2D eigenvalue weighted by atomic mass is 10.1. The standard InChI is InChI=1S/C23H24N2O6S2/c1-29-19-12-17(13-20(30-2)22(19)31-3)24-23(26)15-5-4-6-18(11-15)33(27,28)25-9-7-21-16(14-25)8-10-32-21/h4-6,8,10-13H,7,9,14H2,1-3H3,(H,24,26). The average Bonchev–Trinajstić information content (AvgIpc) is 3.31. The van der Waals surface area contributed by atoms with Crippen molar-refractivity contribution in [2.45, 2.75) is 17.9 Å². The largest absolute Gasteiger partial charge is 0.493 e. The van der Waals surface area contributed by atoms with Crippen LogP contribution in [0.15, 0.2) is 52.7 Å². The second kappa shape index (κ2) is 9.42. The molecule has 4 rings (SSSR count). The fraction of sp³-hybridized carbons (Fsp3) is 0.261. The summed E-state index contributed by atoms with van der Waals surface area (Å²) in [6.45, 7) is 0.751. The Hall–Kier alpha value is -3.08. The van der Waals surface area contributed by atoms with Crippen LogP contribution < -0.4 is 19.5 Å². The second-order valence-corrected chi connectivity index (χ2v) is 10.3. The molecule has 1 aliphatic heterocycles. The Bertz CT molecular complexity index is 1260. The number of nitrogens with one attached hydrogen (secondary N) is 1. The van der Waals surface area contributed by atoms with Gasteiger partial charge in [-0.3, -0.25) is 4.79 Å². The molecule has 2 heterocycles. The molecular formula is C23H24N2O6S2. The number of hydrogen-bond acceptors (Lipinski definition) is 7. The second-order valence-electron chi connectivity index (χ2n) is 7.35. The summed E-state index contributed by atoms with van der Waals surface area (Å²) in [5, 5.41) is 4.75. The number of carbonyl (C=O) groups is 1. The van der Waals surface area contributed by atoms with Crippen molar-refractivity contribution in [1.29, 1.82) is 0 Å². The number of amides is 1. The van der Waals surface area contributed by atoms with Gasteiger partial charge >= 0.3 is 0 Å². The molecule has 0 bridgehead atoms. The topological polar surface area (TPSA) is 94.2 Å². The van der Waals surface area contributed by atoms with Gasteiger partial charge in [-0.25, -0.2) is 8.42 Å². The number of benzene rings is 2. The highest BCUT2D eigenvalue weighted by Crippen LogP contribution is 2.40. The van der Waals surface area contributed by atoms with Gasteiger partial charge in [-0.2, -0.15) is 4.31 Å². The first-order valence-electron chi connectivity index (χ1n) is 10.1. The SMILES string of the molecule is COc1cc(NC(=O)c2cccc(S(=O)(=O)N3CCc4sccc4C3)c2)cc(OC)c1OC. The van der Waals surface area contributed by atoms with Crippen molar-refractivity contribution < 1.29 is 27.4 Å². The van der Waals surface area contributed by atoms with E-state index in [4.69, 9.17) is 14.2 Å². The molecule has 0 radical (unpaired) electrons. The molecular weight excluding hydrogens is 464 g/mol. The van der Waals surface area contributed by atoms with Crippen molar-refractivity contribution in [3.05, 3.63) is 63.8 Å². The van der Waals surface area contributed by atoms with Crippen molar-refractivity contribution in [1.82, 2.24) is 4.31 Å². The molecule has 1 N–H and O–H groups in total. The summed E-state index contributed by atoms with van der Waals surface area (Å²) in [5.41, 5.74) is 1.67. The molecule has 0 saturated heterocycles. The molecule has 1 aliphatic rings. The summed E-state index contributed by atoms with van der Waals surface area (Å²) in [6, 6.07) is 11.2. The summed E-state index contributed by atoms with van der Waals surface area (Å²) in [5.74, 6) is 0.726. The predicted octanol–water partition coefficient (Wildman–Crippen LogP) is 3.77. The predicted molar refractivity (Wildman–Crippen MR) is 126 cm³/mol. The Kier molecular flexibility index (Phi) is 6.59. The van der Waals surface area contributed by atoms with Gasteiger partial charge in [0.05, 0.1) is 26.2 Å². The fourth-order valence-corrected chi connectivity index (χ4v) is 6.09. The molecule has 1 aromatic heterocycles. The number of sulfonamides is 1. The Morgan fingerprint density at radius 2 is 1.76 bits per heavy atom. The molecule has 0 unspecified atom stereocenters. The van der Waals surface area contributed by atoms with Crippen LogP contribution in [0.25, 0.3) is 0 Å². The molecule has 0 aliphatic carbocycles. The number of fused-ring (bicyclic) bond motifs is 1. The maximum Gasteiger partial charge on any atom is 0.255 e. The molecule has 0 atom stereocenters. The molecule has 10 heteroatoms. The van der Waals surface area contributed by atoms with E-state index < -0.39 is 15.9 Å². The van der Waals surface area contributed by atoms with Gasteiger partial charge in [-0.05, 0) is 41.6 Å². The van der Waals surface area contributed by atoms with Crippen LogP contribution in [-0.4, -0.2) is 46.5 Å². The smallest absolute Gasteiger partial charge is 0.255 e. The Balaban J connectivity index is 1.57. The van der Waals surface area contributed by atoms with E-state index in [0.717, 1.165) is 5.56 Å². The normalized spacial score (nSPS) is 13.8. The maximum absolute atomic E-state index is 13.2. The van der Waals surface area contributed by atoms with E-state index in [1.54, 1.807) is 35.6 Å². The number of hydrogen-bond donors (Lipinski definition) is 1. The summed E-state index contributed by atoms with van der Waals surface area (Å²) < 4.78 is 43.9. The van der Waals surface area contributed by atoms with Gasteiger partial charge < -0.3 is 19.5 Å². The van der Waals surface area contributed by atoms with Gasteiger partial charge in [0.15, 0.2) is 11.5 Å². The lowest BCUT2D eigenvalue weighted by Gasteiger charge is -2.26. The molecule has 0 saturated carbocycles. The highest BCUT2D eigenvalue weighted by atomic mass is 32.2. The number of thiophene rings is 1. The van der Waals surface area contributed by atoms with Gasteiger partial charge in [-0.1, -0.05) is 6.07 Å². The number of methoxy groups -OCH3 is 3. The van der Waals surface area contributed by atoms with E-state index in [1.807, 2.05) is 11.4 Å². The summed E-state index contributed by atoms with van der Waals surface area (Å²) in [4.78, 5) is 14.2. The first kappa shape index (κ1) is 23.1. The first-order valence-corrected chi connectivity index (χ1v) is 12.5. The summed E-state index contributed by atoms with van der Waals surface area (Å²) >= 11 is 1.65. The van der Waals surface area contributed by atoms with Crippen LogP contribution in [0, 0.1) is 0 Å². The lowest BCUT2D eigenvalue weighted by molar-refractivity contribution is 0.102. The number of ether oxygens (including phenoxy) is 3. The van der Waals surface area contributed by atoms with Crippen molar-refractivity contribution in [2.24, 2.45) is 0 Å². The highest BCUT2D eigenvalue weighted by Gasteiger charge is 2.29. The van der Waals surface area contributed by atoms with Gasteiger partial charge in [0, 0.05) is 41.4 Å². The fourth-order valence-electron chi connectivity index (χ4n) is 3.73. The van der Waals surface area contributed by atoms with E-state index in [2.05, 4.69) is 5.32 Å². The van der Waals surface area contributed by atoms with E-state index >= 15 is 0 Å². The third kappa shape index (κ3) is 4.54. The molecule has 0 fully saturated rings. The average molecular weight is 489 g/mol. The maximum atomic E-state index is 13.2. The highest BCUT2D eigenvalue weighted by molar-refractivity contribution is 7.89. The Labute approximate surface area is 196 Å². The van der Waals surface area contributed by atoms with Crippen LogP contribution in [-0.2, 0) is 23.0 Å². The van der Waals surface area contributed by atoms with Gasteiger partial charge in [0.1, 0.15) is 0 Å². The van der Waals surface area contributed by atoms with Crippen LogP contribution >= 0.6 is 11.3 Å². The molecule has 3 aromatic rings. The van der Waals surface area contributed by atoms with Crippen molar-refractivity contribution in [3.8, 4) is 17.2 Å².